The molecule has 0 radical (unpaired) electrons. The van der Waals surface area contributed by atoms with Crippen molar-refractivity contribution in [2.24, 2.45) is 0 Å². The maximum atomic E-state index is 7.24. The van der Waals surface area contributed by atoms with E-state index in [9.17, 15) is 0 Å². The van der Waals surface area contributed by atoms with E-state index < -0.39 is 26.7 Å². The van der Waals surface area contributed by atoms with Crippen LogP contribution in [0.2, 0.25) is 18.3 Å². The summed E-state index contributed by atoms with van der Waals surface area (Å²) >= 11 is -2.39. The quantitative estimate of drug-likeness (QED) is 0.186. The van der Waals surface area contributed by atoms with Crippen LogP contribution in [0.3, 0.4) is 0 Å². The molecule has 0 atom stereocenters. The number of hydrogen-bond acceptors (Lipinski definition) is 1. The number of unbranched alkanes of at least 4 members (excludes halogenated alkanes) is 3. The fourth-order valence-corrected chi connectivity index (χ4v) is 26.1. The minimum atomic E-state index is -2.47. The van der Waals surface area contributed by atoms with Crippen LogP contribution in [0.5, 0.6) is 0 Å². The van der Waals surface area contributed by atoms with Gasteiger partial charge in [0.15, 0.2) is 0 Å². The second-order valence-corrected chi connectivity index (χ2v) is 29.6. The monoisotopic (exact) mass is 600 g/mol. The van der Waals surface area contributed by atoms with Crippen LogP contribution < -0.4 is 10.4 Å². The topological polar surface area (TPSA) is 9.23 Å². The van der Waals surface area contributed by atoms with Crippen LogP contribution >= 0.6 is 0 Å². The van der Waals surface area contributed by atoms with E-state index in [2.05, 4.69) is 115 Å². The summed E-state index contributed by atoms with van der Waals surface area (Å²) in [4.78, 5) is 0. The first-order valence-corrected chi connectivity index (χ1v) is 23.6. The van der Waals surface area contributed by atoms with Gasteiger partial charge in [0.05, 0.1) is 0 Å². The summed E-state index contributed by atoms with van der Waals surface area (Å²) in [6, 6.07) is 22.2. The van der Waals surface area contributed by atoms with Crippen LogP contribution in [0, 0.1) is 0 Å². The molecule has 35 heavy (non-hydrogen) atoms. The molecule has 2 aromatic carbocycles. The van der Waals surface area contributed by atoms with E-state index in [1.54, 1.807) is 3.59 Å². The van der Waals surface area contributed by atoms with Crippen molar-refractivity contribution >= 4 is 37.1 Å². The van der Waals surface area contributed by atoms with E-state index in [0.29, 0.717) is 0 Å². The van der Waals surface area contributed by atoms with E-state index in [4.69, 9.17) is 4.43 Å². The summed E-state index contributed by atoms with van der Waals surface area (Å²) in [5, 5.41) is 2.79. The van der Waals surface area contributed by atoms with Crippen LogP contribution in [0.4, 0.5) is 0 Å². The minimum absolute atomic E-state index is 0.0322. The van der Waals surface area contributed by atoms with E-state index in [-0.39, 0.29) is 5.04 Å². The van der Waals surface area contributed by atoms with Crippen molar-refractivity contribution in [1.82, 2.24) is 0 Å². The van der Waals surface area contributed by atoms with E-state index in [1.165, 1.54) is 62.2 Å². The Bertz CT molecular complexity index is 808. The Hall–Kier alpha value is -0.844. The predicted octanol–water partition coefficient (Wildman–Crippen LogP) is 8.90. The molecule has 2 aromatic rings. The molecule has 2 rings (SSSR count). The molecule has 0 aliphatic rings. The summed E-state index contributed by atoms with van der Waals surface area (Å²) in [7, 11) is -2.47. The van der Waals surface area contributed by atoms with Crippen molar-refractivity contribution in [2.75, 3.05) is 6.61 Å². The zero-order chi connectivity index (χ0) is 25.8. The van der Waals surface area contributed by atoms with Crippen LogP contribution in [-0.4, -0.2) is 33.3 Å². The SMILES string of the molecule is CCC[CH2][Sn]([CH2]CCC)([CH2]CCC)/[C](C)=C\CO[Si](c1ccccc1)(c1ccccc1)C(C)(C)C. The van der Waals surface area contributed by atoms with Gasteiger partial charge in [0.2, 0.25) is 0 Å². The molecule has 3 heteroatoms. The molecule has 0 amide bonds. The fourth-order valence-electron chi connectivity index (χ4n) is 5.78. The maximum absolute atomic E-state index is 7.24. The normalized spacial score (nSPS) is 13.3. The molecular weight excluding hydrogens is 547 g/mol. The molecule has 0 saturated heterocycles. The summed E-state index contributed by atoms with van der Waals surface area (Å²) in [6.07, 6.45) is 10.7. The molecule has 0 aliphatic carbocycles. The molecule has 0 aromatic heterocycles. The van der Waals surface area contributed by atoms with Crippen molar-refractivity contribution in [3.8, 4) is 0 Å². The number of hydrogen-bond donors (Lipinski definition) is 0. The average Bonchev–Trinajstić information content (AvgIpc) is 2.86. The Morgan fingerprint density at radius 3 is 1.49 bits per heavy atom. The Morgan fingerprint density at radius 2 is 1.14 bits per heavy atom. The van der Waals surface area contributed by atoms with Gasteiger partial charge in [-0.05, 0) is 0 Å². The number of benzene rings is 2. The van der Waals surface area contributed by atoms with Crippen LogP contribution in [0.15, 0.2) is 70.3 Å². The molecule has 0 N–H and O–H groups in total. The van der Waals surface area contributed by atoms with E-state index in [0.717, 1.165) is 6.61 Å². The van der Waals surface area contributed by atoms with Crippen molar-refractivity contribution in [2.45, 2.75) is 105 Å². The number of rotatable bonds is 15. The zero-order valence-electron chi connectivity index (χ0n) is 23.8. The summed E-state index contributed by atoms with van der Waals surface area (Å²) in [6.45, 7) is 17.5. The first kappa shape index (κ1) is 30.4. The van der Waals surface area contributed by atoms with Gasteiger partial charge in [-0.3, -0.25) is 0 Å². The van der Waals surface area contributed by atoms with Crippen molar-refractivity contribution in [3.63, 3.8) is 0 Å². The van der Waals surface area contributed by atoms with Crippen LogP contribution in [0.1, 0.15) is 87.0 Å². The number of allylic oxidation sites excluding steroid dienone is 1. The van der Waals surface area contributed by atoms with Gasteiger partial charge in [-0.15, -0.1) is 0 Å². The van der Waals surface area contributed by atoms with E-state index >= 15 is 0 Å². The summed E-state index contributed by atoms with van der Waals surface area (Å²) < 4.78 is 13.6. The van der Waals surface area contributed by atoms with Crippen LogP contribution in [0.25, 0.3) is 0 Å². The molecule has 0 bridgehead atoms. The Morgan fingerprint density at radius 1 is 0.743 bits per heavy atom. The second kappa shape index (κ2) is 14.8. The second-order valence-electron chi connectivity index (χ2n) is 11.5. The molecule has 0 unspecified atom stereocenters. The first-order chi connectivity index (χ1) is 16.8. The third kappa shape index (κ3) is 7.82. The fraction of sp³-hybridized carbons (Fsp3) is 0.562. The van der Waals surface area contributed by atoms with Gasteiger partial charge in [-0.25, -0.2) is 0 Å². The van der Waals surface area contributed by atoms with Gasteiger partial charge in [0.1, 0.15) is 0 Å². The van der Waals surface area contributed by atoms with Gasteiger partial charge in [-0.2, -0.15) is 0 Å². The Labute approximate surface area is 222 Å². The molecular formula is C32H52OSiSn. The average molecular weight is 600 g/mol. The van der Waals surface area contributed by atoms with Gasteiger partial charge in [0, 0.05) is 0 Å². The van der Waals surface area contributed by atoms with Gasteiger partial charge in [-0.1, -0.05) is 0 Å². The van der Waals surface area contributed by atoms with Gasteiger partial charge in [0.25, 0.3) is 0 Å². The third-order valence-electron chi connectivity index (χ3n) is 7.97. The van der Waals surface area contributed by atoms with Gasteiger partial charge < -0.3 is 0 Å². The molecule has 0 aliphatic heterocycles. The van der Waals surface area contributed by atoms with E-state index in [1.807, 2.05) is 0 Å². The summed E-state index contributed by atoms with van der Waals surface area (Å²) in [5.74, 6) is 0. The van der Waals surface area contributed by atoms with Crippen molar-refractivity contribution in [3.05, 3.63) is 70.3 Å². The van der Waals surface area contributed by atoms with Crippen molar-refractivity contribution < 1.29 is 4.43 Å². The van der Waals surface area contributed by atoms with Crippen LogP contribution in [-0.2, 0) is 4.43 Å². The molecule has 0 fully saturated rings. The molecule has 0 spiro atoms. The zero-order valence-corrected chi connectivity index (χ0v) is 27.7. The first-order valence-electron chi connectivity index (χ1n) is 14.2. The molecule has 0 saturated carbocycles. The molecule has 0 heterocycles. The Balaban J connectivity index is 2.48. The molecule has 194 valence electrons. The standard InChI is InChI=1S/C20H25OSi.3C4H9.Sn/c1-5-6-17-21-22(20(2,3)4,18-13-9-7-10-14-18)19-15-11-8-12-16-19;3*1-3-4-2;/h6-16H,17H2,1-4H3;3*1,3-4H2,2H3;. The van der Waals surface area contributed by atoms with Gasteiger partial charge >= 0.3 is 224 Å². The predicted molar refractivity (Wildman–Crippen MR) is 162 cm³/mol. The summed E-state index contributed by atoms with van der Waals surface area (Å²) in [5.41, 5.74) is 0. The molecule has 1 nitrogen and oxygen atoms in total. The Kier molecular flexibility index (Phi) is 12.8. The van der Waals surface area contributed by atoms with Crippen molar-refractivity contribution in [1.29, 1.82) is 0 Å². The third-order valence-corrected chi connectivity index (χ3v) is 29.6.